The molecule has 1 amide bonds. The Hall–Kier alpha value is -0.610. The SMILES string of the molecule is CC(C)C[C@H](N)C(=O)NCCCN1CCCC(C)C1. The molecule has 0 spiro atoms. The molecule has 1 saturated heterocycles. The molecule has 0 aliphatic carbocycles. The van der Waals surface area contributed by atoms with Gasteiger partial charge in [-0.05, 0) is 50.6 Å². The summed E-state index contributed by atoms with van der Waals surface area (Å²) >= 11 is 0. The lowest BCUT2D eigenvalue weighted by atomic mass is 10.0. The zero-order chi connectivity index (χ0) is 14.3. The molecule has 0 aromatic rings. The Morgan fingerprint density at radius 2 is 2.21 bits per heavy atom. The normalized spacial score (nSPS) is 22.5. The minimum absolute atomic E-state index is 0.000659. The van der Waals surface area contributed by atoms with Crippen molar-refractivity contribution in [2.45, 2.75) is 52.5 Å². The molecule has 0 bridgehead atoms. The first-order valence-corrected chi connectivity index (χ1v) is 7.74. The van der Waals surface area contributed by atoms with E-state index in [0.717, 1.165) is 31.8 Å². The van der Waals surface area contributed by atoms with Crippen LogP contribution in [0.1, 0.15) is 46.5 Å². The molecule has 3 N–H and O–H groups in total. The highest BCUT2D eigenvalue weighted by Gasteiger charge is 2.16. The zero-order valence-corrected chi connectivity index (χ0v) is 12.8. The van der Waals surface area contributed by atoms with Crippen LogP contribution >= 0.6 is 0 Å². The van der Waals surface area contributed by atoms with E-state index in [9.17, 15) is 4.79 Å². The Labute approximate surface area is 118 Å². The first-order valence-electron chi connectivity index (χ1n) is 7.74. The van der Waals surface area contributed by atoms with E-state index in [1.54, 1.807) is 0 Å². The van der Waals surface area contributed by atoms with Crippen LogP contribution in [0.15, 0.2) is 0 Å². The van der Waals surface area contributed by atoms with Crippen LogP contribution in [-0.2, 0) is 4.79 Å². The Morgan fingerprint density at radius 3 is 2.84 bits per heavy atom. The molecule has 4 nitrogen and oxygen atoms in total. The predicted octanol–water partition coefficient (Wildman–Crippen LogP) is 1.60. The summed E-state index contributed by atoms with van der Waals surface area (Å²) in [5, 5.41) is 2.95. The summed E-state index contributed by atoms with van der Waals surface area (Å²) in [6.45, 7) is 10.7. The molecule has 1 fully saturated rings. The van der Waals surface area contributed by atoms with Gasteiger partial charge in [0.2, 0.25) is 5.91 Å². The molecule has 0 aromatic carbocycles. The largest absolute Gasteiger partial charge is 0.355 e. The highest BCUT2D eigenvalue weighted by molar-refractivity contribution is 5.81. The molecular formula is C15H31N3O. The van der Waals surface area contributed by atoms with Crippen molar-refractivity contribution in [3.05, 3.63) is 0 Å². The number of nitrogens with one attached hydrogen (secondary N) is 1. The van der Waals surface area contributed by atoms with Crippen molar-refractivity contribution in [1.82, 2.24) is 10.2 Å². The Kier molecular flexibility index (Phi) is 7.39. The summed E-state index contributed by atoms with van der Waals surface area (Å²) in [5.41, 5.74) is 5.84. The molecule has 112 valence electrons. The third kappa shape index (κ3) is 6.92. The highest BCUT2D eigenvalue weighted by atomic mass is 16.2. The fraction of sp³-hybridized carbons (Fsp3) is 0.933. The molecule has 1 aliphatic heterocycles. The van der Waals surface area contributed by atoms with Crippen LogP contribution in [0.25, 0.3) is 0 Å². The molecule has 1 unspecified atom stereocenters. The number of piperidine rings is 1. The summed E-state index contributed by atoms with van der Waals surface area (Å²) in [4.78, 5) is 14.2. The van der Waals surface area contributed by atoms with Crippen molar-refractivity contribution >= 4 is 5.91 Å². The van der Waals surface area contributed by atoms with Gasteiger partial charge < -0.3 is 16.0 Å². The molecule has 0 radical (unpaired) electrons. The van der Waals surface area contributed by atoms with Crippen LogP contribution in [0.3, 0.4) is 0 Å². The van der Waals surface area contributed by atoms with E-state index in [0.29, 0.717) is 5.92 Å². The lowest BCUT2D eigenvalue weighted by molar-refractivity contribution is -0.122. The Balaban J connectivity index is 2.08. The van der Waals surface area contributed by atoms with Gasteiger partial charge in [-0.25, -0.2) is 0 Å². The maximum atomic E-state index is 11.7. The van der Waals surface area contributed by atoms with Gasteiger partial charge in [0.1, 0.15) is 0 Å². The monoisotopic (exact) mass is 269 g/mol. The maximum Gasteiger partial charge on any atom is 0.236 e. The molecule has 4 heteroatoms. The summed E-state index contributed by atoms with van der Waals surface area (Å²) < 4.78 is 0. The third-order valence-electron chi connectivity index (χ3n) is 3.75. The van der Waals surface area contributed by atoms with Gasteiger partial charge in [-0.3, -0.25) is 4.79 Å². The van der Waals surface area contributed by atoms with E-state index in [2.05, 4.69) is 31.0 Å². The topological polar surface area (TPSA) is 58.4 Å². The Bertz CT molecular complexity index is 268. The molecule has 0 saturated carbocycles. The van der Waals surface area contributed by atoms with E-state index in [-0.39, 0.29) is 11.9 Å². The van der Waals surface area contributed by atoms with E-state index in [1.807, 2.05) is 0 Å². The number of rotatable bonds is 7. The first kappa shape index (κ1) is 16.4. The van der Waals surface area contributed by atoms with Crippen LogP contribution in [0.4, 0.5) is 0 Å². The number of carbonyl (C=O) groups excluding carboxylic acids is 1. The molecule has 2 atom stereocenters. The van der Waals surface area contributed by atoms with Gasteiger partial charge in [0.05, 0.1) is 6.04 Å². The Morgan fingerprint density at radius 1 is 1.47 bits per heavy atom. The van der Waals surface area contributed by atoms with E-state index >= 15 is 0 Å². The average Bonchev–Trinajstić information content (AvgIpc) is 2.33. The molecule has 1 rings (SSSR count). The fourth-order valence-corrected chi connectivity index (χ4v) is 2.75. The van der Waals surface area contributed by atoms with E-state index in [4.69, 9.17) is 5.73 Å². The molecule has 19 heavy (non-hydrogen) atoms. The van der Waals surface area contributed by atoms with Crippen molar-refractivity contribution in [3.8, 4) is 0 Å². The van der Waals surface area contributed by atoms with Gasteiger partial charge in [0, 0.05) is 13.1 Å². The number of hydrogen-bond donors (Lipinski definition) is 2. The second-order valence-electron chi connectivity index (χ2n) is 6.43. The van der Waals surface area contributed by atoms with Crippen molar-refractivity contribution in [1.29, 1.82) is 0 Å². The molecule has 1 heterocycles. The zero-order valence-electron chi connectivity index (χ0n) is 12.8. The minimum Gasteiger partial charge on any atom is -0.355 e. The summed E-state index contributed by atoms with van der Waals surface area (Å²) in [7, 11) is 0. The number of nitrogens with zero attached hydrogens (tertiary/aromatic N) is 1. The number of hydrogen-bond acceptors (Lipinski definition) is 3. The number of amides is 1. The van der Waals surface area contributed by atoms with Gasteiger partial charge in [0.15, 0.2) is 0 Å². The van der Waals surface area contributed by atoms with Gasteiger partial charge >= 0.3 is 0 Å². The number of nitrogens with two attached hydrogens (primary N) is 1. The van der Waals surface area contributed by atoms with Gasteiger partial charge in [-0.15, -0.1) is 0 Å². The lowest BCUT2D eigenvalue weighted by Crippen LogP contribution is -2.42. The van der Waals surface area contributed by atoms with Crippen LogP contribution in [0.5, 0.6) is 0 Å². The van der Waals surface area contributed by atoms with Crippen molar-refractivity contribution in [2.75, 3.05) is 26.2 Å². The highest BCUT2D eigenvalue weighted by Crippen LogP contribution is 2.15. The summed E-state index contributed by atoms with van der Waals surface area (Å²) in [6.07, 6.45) is 4.45. The van der Waals surface area contributed by atoms with Crippen molar-refractivity contribution < 1.29 is 4.79 Å². The fourth-order valence-electron chi connectivity index (χ4n) is 2.75. The second-order valence-corrected chi connectivity index (χ2v) is 6.43. The van der Waals surface area contributed by atoms with Crippen LogP contribution < -0.4 is 11.1 Å². The summed E-state index contributed by atoms with van der Waals surface area (Å²) in [5.74, 6) is 1.29. The quantitative estimate of drug-likeness (QED) is 0.690. The molecular weight excluding hydrogens is 238 g/mol. The number of likely N-dealkylation sites (tertiary alicyclic amines) is 1. The van der Waals surface area contributed by atoms with Crippen LogP contribution in [-0.4, -0.2) is 43.0 Å². The average molecular weight is 269 g/mol. The lowest BCUT2D eigenvalue weighted by Gasteiger charge is -2.30. The van der Waals surface area contributed by atoms with Gasteiger partial charge in [-0.1, -0.05) is 20.8 Å². The van der Waals surface area contributed by atoms with Crippen LogP contribution in [0.2, 0.25) is 0 Å². The van der Waals surface area contributed by atoms with Crippen molar-refractivity contribution in [3.63, 3.8) is 0 Å². The minimum atomic E-state index is -0.352. The smallest absolute Gasteiger partial charge is 0.236 e. The maximum absolute atomic E-state index is 11.7. The van der Waals surface area contributed by atoms with Gasteiger partial charge in [0.25, 0.3) is 0 Å². The van der Waals surface area contributed by atoms with E-state index < -0.39 is 0 Å². The first-order chi connectivity index (χ1) is 8.99. The van der Waals surface area contributed by atoms with Crippen molar-refractivity contribution in [2.24, 2.45) is 17.6 Å². The van der Waals surface area contributed by atoms with Crippen LogP contribution in [0, 0.1) is 11.8 Å². The molecule has 0 aromatic heterocycles. The number of carbonyl (C=O) groups is 1. The molecule has 1 aliphatic rings. The van der Waals surface area contributed by atoms with Gasteiger partial charge in [-0.2, -0.15) is 0 Å². The standard InChI is InChI=1S/C15H31N3O/c1-12(2)10-14(16)15(19)17-7-5-9-18-8-4-6-13(3)11-18/h12-14H,4-11,16H2,1-3H3,(H,17,19)/t13?,14-/m0/s1. The second kappa shape index (κ2) is 8.54. The van der Waals surface area contributed by atoms with E-state index in [1.165, 1.54) is 25.9 Å². The third-order valence-corrected chi connectivity index (χ3v) is 3.75. The summed E-state index contributed by atoms with van der Waals surface area (Å²) in [6, 6.07) is -0.352. The predicted molar refractivity (Wildman–Crippen MR) is 79.9 cm³/mol.